The second-order valence-electron chi connectivity index (χ2n) is 7.51. The van der Waals surface area contributed by atoms with E-state index >= 15 is 0 Å². The van der Waals surface area contributed by atoms with Gasteiger partial charge in [-0.15, -0.1) is 19.0 Å². The Morgan fingerprint density at radius 3 is 2.86 bits per heavy atom. The van der Waals surface area contributed by atoms with Crippen molar-refractivity contribution in [1.82, 2.24) is 24.6 Å². The summed E-state index contributed by atoms with van der Waals surface area (Å²) in [6.45, 7) is 3.79. The van der Waals surface area contributed by atoms with Crippen molar-refractivity contribution in [2.45, 2.75) is 32.1 Å². The van der Waals surface area contributed by atoms with E-state index in [9.17, 15) is 13.9 Å². The third-order valence-electron chi connectivity index (χ3n) is 5.52. The van der Waals surface area contributed by atoms with Gasteiger partial charge in [-0.2, -0.15) is 0 Å². The Morgan fingerprint density at radius 1 is 1.24 bits per heavy atom. The van der Waals surface area contributed by atoms with E-state index in [1.165, 1.54) is 12.1 Å². The number of imidazole rings is 1. The number of likely N-dealkylation sites (tertiary alicyclic amines) is 1. The van der Waals surface area contributed by atoms with Gasteiger partial charge in [-0.1, -0.05) is 0 Å². The highest BCUT2D eigenvalue weighted by molar-refractivity contribution is 5.84. The van der Waals surface area contributed by atoms with Crippen molar-refractivity contribution < 1.29 is 23.4 Å². The average molecular weight is 403 g/mol. The van der Waals surface area contributed by atoms with Gasteiger partial charge in [-0.25, -0.2) is 4.98 Å². The summed E-state index contributed by atoms with van der Waals surface area (Å²) in [5.41, 5.74) is 2.59. The first-order chi connectivity index (χ1) is 13.8. The highest BCUT2D eigenvalue weighted by atomic mass is 19.3. The predicted molar refractivity (Wildman–Crippen MR) is 99.1 cm³/mol. The molecule has 1 N–H and O–H groups in total. The van der Waals surface area contributed by atoms with Crippen LogP contribution in [0.5, 0.6) is 17.2 Å². The Morgan fingerprint density at radius 2 is 2.07 bits per heavy atom. The van der Waals surface area contributed by atoms with Crippen LogP contribution in [-0.2, 0) is 0 Å². The van der Waals surface area contributed by atoms with E-state index in [1.807, 2.05) is 11.5 Å². The minimum absolute atomic E-state index is 0.226. The van der Waals surface area contributed by atoms with Crippen LogP contribution in [0, 0.1) is 6.92 Å². The molecule has 10 heteroatoms. The Hall–Kier alpha value is -3.01. The Kier molecular flexibility index (Phi) is 3.89. The van der Waals surface area contributed by atoms with Crippen molar-refractivity contribution in [3.05, 3.63) is 24.0 Å². The molecule has 0 unspecified atom stereocenters. The maximum absolute atomic E-state index is 13.3. The molecule has 1 atom stereocenters. The van der Waals surface area contributed by atoms with Crippen molar-refractivity contribution in [3.63, 3.8) is 0 Å². The summed E-state index contributed by atoms with van der Waals surface area (Å²) >= 11 is 0. The van der Waals surface area contributed by atoms with Crippen LogP contribution in [0.3, 0.4) is 0 Å². The number of hydrogen-bond donors (Lipinski definition) is 1. The smallest absolute Gasteiger partial charge is 0.504 e. The summed E-state index contributed by atoms with van der Waals surface area (Å²) in [5, 5.41) is 19.1. The zero-order chi connectivity index (χ0) is 20.3. The van der Waals surface area contributed by atoms with Crippen molar-refractivity contribution in [2.75, 3.05) is 20.1 Å². The Bertz CT molecular complexity index is 1120. The fourth-order valence-electron chi connectivity index (χ4n) is 4.08. The van der Waals surface area contributed by atoms with E-state index in [2.05, 4.69) is 36.6 Å². The minimum Gasteiger partial charge on any atom is -0.504 e. The van der Waals surface area contributed by atoms with Crippen LogP contribution in [0.4, 0.5) is 8.78 Å². The van der Waals surface area contributed by atoms with Gasteiger partial charge in [0, 0.05) is 23.7 Å². The van der Waals surface area contributed by atoms with E-state index in [4.69, 9.17) is 0 Å². The molecule has 0 bridgehead atoms. The predicted octanol–water partition coefficient (Wildman–Crippen LogP) is 3.10. The van der Waals surface area contributed by atoms with Gasteiger partial charge in [-0.05, 0) is 45.5 Å². The van der Waals surface area contributed by atoms with E-state index in [1.54, 1.807) is 6.33 Å². The average Bonchev–Trinajstić information content (AvgIpc) is 3.24. The molecule has 152 valence electrons. The quantitative estimate of drug-likeness (QED) is 0.704. The molecule has 1 fully saturated rings. The fraction of sp³-hybridized carbons (Fsp3) is 0.421. The Labute approximate surface area is 164 Å². The highest BCUT2D eigenvalue weighted by Gasteiger charge is 2.45. The summed E-state index contributed by atoms with van der Waals surface area (Å²) in [6.07, 6.45) is 0.0888. The lowest BCUT2D eigenvalue weighted by Gasteiger charge is -2.30. The van der Waals surface area contributed by atoms with Gasteiger partial charge in [-0.3, -0.25) is 0 Å². The van der Waals surface area contributed by atoms with Crippen LogP contribution in [-0.4, -0.2) is 56.2 Å². The lowest BCUT2D eigenvalue weighted by molar-refractivity contribution is -0.287. The molecule has 2 aromatic heterocycles. The van der Waals surface area contributed by atoms with E-state index < -0.39 is 17.8 Å². The number of aromatic nitrogens is 4. The number of phenols is 1. The van der Waals surface area contributed by atoms with E-state index in [-0.39, 0.29) is 17.4 Å². The first-order valence-corrected chi connectivity index (χ1v) is 9.34. The molecule has 0 spiro atoms. The molecule has 2 aliphatic heterocycles. The van der Waals surface area contributed by atoms with Gasteiger partial charge in [0.1, 0.15) is 11.2 Å². The first-order valence-electron chi connectivity index (χ1n) is 9.34. The largest absolute Gasteiger partial charge is 0.586 e. The number of aromatic hydroxyl groups is 1. The van der Waals surface area contributed by atoms with Crippen LogP contribution < -0.4 is 9.47 Å². The molecule has 5 rings (SSSR count). The van der Waals surface area contributed by atoms with Crippen molar-refractivity contribution >= 4 is 11.2 Å². The number of fused-ring (bicyclic) bond motifs is 2. The second kappa shape index (κ2) is 6.24. The molecule has 4 heterocycles. The number of nitrogens with zero attached hydrogens (tertiary/aromatic N) is 5. The zero-order valence-corrected chi connectivity index (χ0v) is 15.9. The number of phenolic OH excluding ortho intramolecular Hbond substituents is 1. The number of piperidine rings is 1. The fourth-order valence-corrected chi connectivity index (χ4v) is 4.08. The van der Waals surface area contributed by atoms with Gasteiger partial charge in [0.25, 0.3) is 0 Å². The maximum Gasteiger partial charge on any atom is 0.586 e. The molecular formula is C19H19F2N5O3. The maximum atomic E-state index is 13.3. The summed E-state index contributed by atoms with van der Waals surface area (Å²) in [7, 11) is 2.09. The van der Waals surface area contributed by atoms with Crippen LogP contribution in [0.1, 0.15) is 24.4 Å². The number of hydrogen-bond acceptors (Lipinski definition) is 7. The van der Waals surface area contributed by atoms with Crippen molar-refractivity contribution in [3.8, 4) is 28.5 Å². The molecule has 0 amide bonds. The van der Waals surface area contributed by atoms with Gasteiger partial charge >= 0.3 is 6.29 Å². The first kappa shape index (κ1) is 18.0. The molecule has 0 saturated carbocycles. The SMILES string of the molecule is Cc1c(-c2ccc3c(c2O)OC(F)(F)O3)nnc2c1ncn2[C@@H]1CCCN(C)C1. The summed E-state index contributed by atoms with van der Waals surface area (Å²) < 4.78 is 37.5. The van der Waals surface area contributed by atoms with Crippen molar-refractivity contribution in [2.24, 2.45) is 0 Å². The van der Waals surface area contributed by atoms with Gasteiger partial charge in [0.05, 0.1) is 6.33 Å². The van der Waals surface area contributed by atoms with E-state index in [0.717, 1.165) is 25.9 Å². The van der Waals surface area contributed by atoms with Crippen LogP contribution >= 0.6 is 0 Å². The summed E-state index contributed by atoms with van der Waals surface area (Å²) in [6, 6.07) is 3.03. The number of ether oxygens (including phenoxy) is 2. The van der Waals surface area contributed by atoms with Crippen LogP contribution in [0.2, 0.25) is 0 Å². The summed E-state index contributed by atoms with van der Waals surface area (Å²) in [5.74, 6) is -1.11. The summed E-state index contributed by atoms with van der Waals surface area (Å²) in [4.78, 5) is 6.79. The molecular weight excluding hydrogens is 384 g/mol. The monoisotopic (exact) mass is 403 g/mol. The molecule has 29 heavy (non-hydrogen) atoms. The molecule has 0 aliphatic carbocycles. The van der Waals surface area contributed by atoms with Crippen LogP contribution in [0.15, 0.2) is 18.5 Å². The third kappa shape index (κ3) is 2.86. The lowest BCUT2D eigenvalue weighted by atomic mass is 10.0. The van der Waals surface area contributed by atoms with Gasteiger partial charge in [0.2, 0.25) is 5.75 Å². The minimum atomic E-state index is -3.81. The van der Waals surface area contributed by atoms with Crippen LogP contribution in [0.25, 0.3) is 22.4 Å². The topological polar surface area (TPSA) is 85.5 Å². The van der Waals surface area contributed by atoms with Gasteiger partial charge < -0.3 is 24.0 Å². The molecule has 3 aromatic rings. The molecule has 1 saturated heterocycles. The van der Waals surface area contributed by atoms with Gasteiger partial charge in [0.15, 0.2) is 17.1 Å². The standard InChI is InChI=1S/C19H19F2N5O3/c1-10-14(12-5-6-13-17(16(12)27)29-19(20,21)28-13)23-24-18-15(10)22-9-26(18)11-4-3-7-25(2)8-11/h5-6,9,11,27H,3-4,7-8H2,1-2H3/t11-/m1/s1. The lowest BCUT2D eigenvalue weighted by Crippen LogP contribution is -2.33. The van der Waals surface area contributed by atoms with E-state index in [0.29, 0.717) is 22.4 Å². The number of likely N-dealkylation sites (N-methyl/N-ethyl adjacent to an activating group) is 1. The zero-order valence-electron chi connectivity index (χ0n) is 15.9. The third-order valence-corrected chi connectivity index (χ3v) is 5.52. The molecule has 2 aliphatic rings. The molecule has 1 aromatic carbocycles. The highest BCUT2D eigenvalue weighted by Crippen LogP contribution is 2.50. The number of alkyl halides is 2. The molecule has 8 nitrogen and oxygen atoms in total. The molecule has 0 radical (unpaired) electrons. The Balaban J connectivity index is 1.57. The normalized spacial score (nSPS) is 21.0. The number of halogens is 2. The van der Waals surface area contributed by atoms with Crippen molar-refractivity contribution in [1.29, 1.82) is 0 Å². The number of aryl methyl sites for hydroxylation is 1. The number of benzene rings is 1. The second-order valence-corrected chi connectivity index (χ2v) is 7.51. The number of rotatable bonds is 2.